The van der Waals surface area contributed by atoms with Crippen LogP contribution < -0.4 is 5.32 Å². The molecule has 0 aromatic carbocycles. The smallest absolute Gasteiger partial charge is 0.0217 e. The molecule has 1 N–H and O–H groups in total. The number of nitrogens with zero attached hydrogens (tertiary/aromatic N) is 1. The van der Waals surface area contributed by atoms with Gasteiger partial charge in [0.1, 0.15) is 0 Å². The van der Waals surface area contributed by atoms with E-state index in [2.05, 4.69) is 31.0 Å². The molecule has 0 radical (unpaired) electrons. The van der Waals surface area contributed by atoms with Crippen molar-refractivity contribution in [2.24, 2.45) is 5.92 Å². The second-order valence-corrected chi connectivity index (χ2v) is 4.05. The summed E-state index contributed by atoms with van der Waals surface area (Å²) >= 11 is 0. The summed E-state index contributed by atoms with van der Waals surface area (Å²) in [6.45, 7) is 15.8. The van der Waals surface area contributed by atoms with E-state index in [1.807, 2.05) is 13.8 Å². The summed E-state index contributed by atoms with van der Waals surface area (Å²) in [5.74, 6) is 0.761. The van der Waals surface area contributed by atoms with Gasteiger partial charge >= 0.3 is 0 Å². The molecule has 0 aromatic rings. The maximum Gasteiger partial charge on any atom is 0.0217 e. The van der Waals surface area contributed by atoms with Crippen molar-refractivity contribution in [1.82, 2.24) is 10.2 Å². The fourth-order valence-corrected chi connectivity index (χ4v) is 1.76. The molecule has 1 saturated heterocycles. The topological polar surface area (TPSA) is 15.3 Å². The maximum atomic E-state index is 3.60. The monoisotopic (exact) mass is 200 g/mol. The molecule has 0 bridgehead atoms. The van der Waals surface area contributed by atoms with Gasteiger partial charge in [-0.25, -0.2) is 0 Å². The van der Waals surface area contributed by atoms with Gasteiger partial charge in [-0.05, 0) is 32.0 Å². The predicted octanol–water partition coefficient (Wildman–Crippen LogP) is 2.35. The highest BCUT2D eigenvalue weighted by Gasteiger charge is 2.18. The van der Waals surface area contributed by atoms with Crippen LogP contribution in [0.4, 0.5) is 0 Å². The molecule has 1 atom stereocenters. The van der Waals surface area contributed by atoms with Crippen LogP contribution in [0.2, 0.25) is 0 Å². The minimum absolute atomic E-state index is 0.701. The summed E-state index contributed by atoms with van der Waals surface area (Å²) in [7, 11) is 0. The van der Waals surface area contributed by atoms with Gasteiger partial charge in [0.2, 0.25) is 0 Å². The van der Waals surface area contributed by atoms with E-state index in [1.165, 1.54) is 32.6 Å². The highest BCUT2D eigenvalue weighted by atomic mass is 15.2. The van der Waals surface area contributed by atoms with Crippen molar-refractivity contribution < 1.29 is 0 Å². The van der Waals surface area contributed by atoms with Crippen LogP contribution in [0, 0.1) is 5.92 Å². The first kappa shape index (κ1) is 13.9. The van der Waals surface area contributed by atoms with Crippen LogP contribution in [0.3, 0.4) is 0 Å². The third-order valence-electron chi connectivity index (χ3n) is 2.76. The van der Waals surface area contributed by atoms with E-state index < -0.39 is 0 Å². The van der Waals surface area contributed by atoms with Crippen LogP contribution in [0.15, 0.2) is 0 Å². The minimum atomic E-state index is 0.701. The van der Waals surface area contributed by atoms with Gasteiger partial charge in [-0.3, -0.25) is 0 Å². The lowest BCUT2D eigenvalue weighted by Gasteiger charge is -2.25. The summed E-state index contributed by atoms with van der Waals surface area (Å²) in [4.78, 5) is 2.55. The van der Waals surface area contributed by atoms with Gasteiger partial charge < -0.3 is 10.2 Å². The van der Waals surface area contributed by atoms with E-state index in [-0.39, 0.29) is 0 Å². The lowest BCUT2D eigenvalue weighted by atomic mass is 10.0. The van der Waals surface area contributed by atoms with Crippen LogP contribution in [-0.4, -0.2) is 37.1 Å². The molecule has 0 saturated carbocycles. The largest absolute Gasteiger partial charge is 0.312 e. The average Bonchev–Trinajstić information content (AvgIpc) is 2.45. The Morgan fingerprint density at radius 3 is 2.50 bits per heavy atom. The Bertz CT molecular complexity index is 123. The Kier molecular flexibility index (Phi) is 8.20. The molecule has 86 valence electrons. The van der Waals surface area contributed by atoms with E-state index >= 15 is 0 Å². The van der Waals surface area contributed by atoms with Crippen LogP contribution in [0.25, 0.3) is 0 Å². The molecule has 1 rings (SSSR count). The third-order valence-corrected chi connectivity index (χ3v) is 2.76. The van der Waals surface area contributed by atoms with Crippen molar-refractivity contribution in [1.29, 1.82) is 0 Å². The van der Waals surface area contributed by atoms with Gasteiger partial charge in [0, 0.05) is 12.6 Å². The first-order chi connectivity index (χ1) is 6.74. The lowest BCUT2D eigenvalue weighted by molar-refractivity contribution is 0.257. The second-order valence-electron chi connectivity index (χ2n) is 4.05. The maximum absolute atomic E-state index is 3.60. The van der Waals surface area contributed by atoms with Gasteiger partial charge in [-0.2, -0.15) is 0 Å². The number of nitrogens with one attached hydrogen (secondary N) is 1. The van der Waals surface area contributed by atoms with Gasteiger partial charge in [0.05, 0.1) is 0 Å². The normalized spacial score (nSPS) is 24.0. The van der Waals surface area contributed by atoms with E-state index in [1.54, 1.807) is 0 Å². The van der Waals surface area contributed by atoms with E-state index in [0.717, 1.165) is 5.92 Å². The van der Waals surface area contributed by atoms with Gasteiger partial charge in [0.25, 0.3) is 0 Å². The first-order valence-corrected chi connectivity index (χ1v) is 6.19. The van der Waals surface area contributed by atoms with Crippen LogP contribution in [0.1, 0.15) is 41.0 Å². The van der Waals surface area contributed by atoms with E-state index in [9.17, 15) is 0 Å². The van der Waals surface area contributed by atoms with Gasteiger partial charge in [-0.15, -0.1) is 0 Å². The number of rotatable bonds is 2. The van der Waals surface area contributed by atoms with E-state index in [0.29, 0.717) is 6.04 Å². The predicted molar refractivity (Wildman–Crippen MR) is 64.7 cm³/mol. The molecule has 1 heterocycles. The molecule has 2 heteroatoms. The van der Waals surface area contributed by atoms with Gasteiger partial charge in [-0.1, -0.05) is 34.6 Å². The van der Waals surface area contributed by atoms with Crippen molar-refractivity contribution in [2.75, 3.05) is 26.2 Å². The summed E-state index contributed by atoms with van der Waals surface area (Å²) < 4.78 is 0. The van der Waals surface area contributed by atoms with Gasteiger partial charge in [0.15, 0.2) is 0 Å². The fourth-order valence-electron chi connectivity index (χ4n) is 1.76. The molecule has 0 aromatic heterocycles. The SMILES string of the molecule is CC.CCN1CCCN[C@@H](C(C)C)C1. The molecule has 1 aliphatic rings. The Hall–Kier alpha value is -0.0800. The van der Waals surface area contributed by atoms with Crippen molar-refractivity contribution in [3.8, 4) is 0 Å². The lowest BCUT2D eigenvalue weighted by Crippen LogP contribution is -2.41. The zero-order valence-corrected chi connectivity index (χ0v) is 10.6. The van der Waals surface area contributed by atoms with Crippen LogP contribution >= 0.6 is 0 Å². The Balaban J connectivity index is 0.000000791. The number of hydrogen-bond donors (Lipinski definition) is 1. The number of hydrogen-bond acceptors (Lipinski definition) is 2. The van der Waals surface area contributed by atoms with Crippen molar-refractivity contribution in [3.05, 3.63) is 0 Å². The average molecular weight is 200 g/mol. The highest BCUT2D eigenvalue weighted by molar-refractivity contribution is 4.78. The number of likely N-dealkylation sites (N-methyl/N-ethyl adjacent to an activating group) is 1. The third kappa shape index (κ3) is 4.97. The molecular weight excluding hydrogens is 172 g/mol. The molecule has 1 aliphatic heterocycles. The van der Waals surface area contributed by atoms with Crippen LogP contribution in [-0.2, 0) is 0 Å². The molecule has 2 nitrogen and oxygen atoms in total. The molecule has 0 unspecified atom stereocenters. The van der Waals surface area contributed by atoms with Crippen molar-refractivity contribution in [2.45, 2.75) is 47.1 Å². The molecule has 14 heavy (non-hydrogen) atoms. The highest BCUT2D eigenvalue weighted by Crippen LogP contribution is 2.07. The quantitative estimate of drug-likeness (QED) is 0.736. The minimum Gasteiger partial charge on any atom is -0.312 e. The zero-order chi connectivity index (χ0) is 11.0. The van der Waals surface area contributed by atoms with Crippen molar-refractivity contribution >= 4 is 0 Å². The molecular formula is C12H28N2. The zero-order valence-electron chi connectivity index (χ0n) is 10.6. The van der Waals surface area contributed by atoms with E-state index in [4.69, 9.17) is 0 Å². The first-order valence-electron chi connectivity index (χ1n) is 6.19. The fraction of sp³-hybridized carbons (Fsp3) is 1.00. The Morgan fingerprint density at radius 1 is 1.36 bits per heavy atom. The van der Waals surface area contributed by atoms with Crippen LogP contribution in [0.5, 0.6) is 0 Å². The molecule has 0 spiro atoms. The van der Waals surface area contributed by atoms with Crippen molar-refractivity contribution in [3.63, 3.8) is 0 Å². The Labute approximate surface area is 90.1 Å². The summed E-state index contributed by atoms with van der Waals surface area (Å²) in [5, 5.41) is 3.60. The molecule has 0 amide bonds. The summed E-state index contributed by atoms with van der Waals surface area (Å²) in [6.07, 6.45) is 1.30. The summed E-state index contributed by atoms with van der Waals surface area (Å²) in [6, 6.07) is 0.701. The Morgan fingerprint density at radius 2 is 2.00 bits per heavy atom. The standard InChI is InChI=1S/C10H22N2.C2H6/c1-4-12-7-5-6-11-10(8-12)9(2)3;1-2/h9-11H,4-8H2,1-3H3;1-2H3/t10-;/m1./s1. The summed E-state index contributed by atoms with van der Waals surface area (Å²) in [5.41, 5.74) is 0. The molecule has 0 aliphatic carbocycles. The second kappa shape index (κ2) is 8.25. The molecule has 1 fully saturated rings.